The van der Waals surface area contributed by atoms with E-state index in [1.54, 1.807) is 19.1 Å². The van der Waals surface area contributed by atoms with Gasteiger partial charge in [-0.05, 0) is 49.1 Å². The minimum absolute atomic E-state index is 0.00950. The lowest BCUT2D eigenvalue weighted by Gasteiger charge is -2.33. The minimum atomic E-state index is -4.83. The molecule has 1 atom stereocenters. The van der Waals surface area contributed by atoms with Crippen LogP contribution < -0.4 is 9.62 Å². The Balaban J connectivity index is 2.52. The topological polar surface area (TPSA) is 86.8 Å². The second kappa shape index (κ2) is 12.6. The zero-order valence-electron chi connectivity index (χ0n) is 21.1. The number of alkyl halides is 3. The van der Waals surface area contributed by atoms with Gasteiger partial charge in [0.05, 0.1) is 22.5 Å². The van der Waals surface area contributed by atoms with Gasteiger partial charge in [-0.15, -0.1) is 0 Å². The van der Waals surface area contributed by atoms with Crippen molar-refractivity contribution in [3.63, 3.8) is 0 Å². The Morgan fingerprint density at radius 2 is 1.76 bits per heavy atom. The van der Waals surface area contributed by atoms with Crippen LogP contribution in [0.5, 0.6) is 0 Å². The molecule has 1 N–H and O–H groups in total. The zero-order valence-corrected chi connectivity index (χ0v) is 22.7. The molecule has 0 bridgehead atoms. The minimum Gasteiger partial charge on any atom is -0.354 e. The fourth-order valence-corrected chi connectivity index (χ4v) is 4.82. The van der Waals surface area contributed by atoms with Crippen molar-refractivity contribution in [2.24, 2.45) is 0 Å². The Hall–Kier alpha value is -2.79. The molecular weight excluding hydrogens is 531 g/mol. The summed E-state index contributed by atoms with van der Waals surface area (Å²) in [6.45, 7) is 5.03. The fourth-order valence-electron chi connectivity index (χ4n) is 3.76. The number of nitrogens with one attached hydrogen (secondary N) is 1. The molecule has 0 aromatic heterocycles. The Morgan fingerprint density at radius 1 is 1.11 bits per heavy atom. The Labute approximate surface area is 220 Å². The normalized spacial score (nSPS) is 12.6. The van der Waals surface area contributed by atoms with E-state index in [1.165, 1.54) is 4.90 Å². The molecule has 0 aliphatic carbocycles. The van der Waals surface area contributed by atoms with Crippen LogP contribution in [-0.2, 0) is 32.3 Å². The summed E-state index contributed by atoms with van der Waals surface area (Å²) >= 11 is 5.69. The molecule has 0 aliphatic heterocycles. The molecule has 0 aliphatic rings. The summed E-state index contributed by atoms with van der Waals surface area (Å²) in [6, 6.07) is 8.92. The summed E-state index contributed by atoms with van der Waals surface area (Å²) in [5, 5.41) is 2.16. The molecule has 0 fully saturated rings. The van der Waals surface area contributed by atoms with E-state index in [0.29, 0.717) is 23.3 Å². The van der Waals surface area contributed by atoms with Gasteiger partial charge in [0.1, 0.15) is 12.6 Å². The second-order valence-electron chi connectivity index (χ2n) is 8.59. The first kappa shape index (κ1) is 30.4. The van der Waals surface area contributed by atoms with E-state index in [4.69, 9.17) is 11.6 Å². The predicted octanol–water partition coefficient (Wildman–Crippen LogP) is 4.77. The van der Waals surface area contributed by atoms with Gasteiger partial charge in [-0.3, -0.25) is 13.9 Å². The number of hydrogen-bond donors (Lipinski definition) is 1. The third kappa shape index (κ3) is 8.10. The van der Waals surface area contributed by atoms with Crippen LogP contribution in [0, 0.1) is 6.92 Å². The molecule has 0 spiro atoms. The number of aryl methyl sites for hydroxylation is 1. The number of halogens is 4. The molecule has 0 radical (unpaired) electrons. The number of sulfonamides is 1. The van der Waals surface area contributed by atoms with Gasteiger partial charge in [-0.1, -0.05) is 49.7 Å². The van der Waals surface area contributed by atoms with Crippen molar-refractivity contribution < 1.29 is 31.2 Å². The van der Waals surface area contributed by atoms with Crippen molar-refractivity contribution in [1.29, 1.82) is 0 Å². The molecule has 204 valence electrons. The first-order valence-corrected chi connectivity index (χ1v) is 13.9. The summed E-state index contributed by atoms with van der Waals surface area (Å²) < 4.78 is 66.1. The van der Waals surface area contributed by atoms with E-state index in [1.807, 2.05) is 26.0 Å². The highest BCUT2D eigenvalue weighted by Gasteiger charge is 2.36. The van der Waals surface area contributed by atoms with E-state index in [9.17, 15) is 31.2 Å². The lowest BCUT2D eigenvalue weighted by molar-refractivity contribution is -0.140. The lowest BCUT2D eigenvalue weighted by atomic mass is 10.1. The van der Waals surface area contributed by atoms with Gasteiger partial charge < -0.3 is 10.2 Å². The van der Waals surface area contributed by atoms with Crippen LogP contribution in [0.4, 0.5) is 18.9 Å². The molecule has 2 amide bonds. The zero-order chi connectivity index (χ0) is 28.0. The van der Waals surface area contributed by atoms with Crippen molar-refractivity contribution in [2.75, 3.05) is 23.7 Å². The third-order valence-electron chi connectivity index (χ3n) is 5.76. The van der Waals surface area contributed by atoms with Crippen molar-refractivity contribution in [2.45, 2.75) is 52.4 Å². The number of nitrogens with zero attached hydrogens (tertiary/aromatic N) is 2. The third-order valence-corrected chi connectivity index (χ3v) is 7.23. The maximum Gasteiger partial charge on any atom is 0.417 e. The van der Waals surface area contributed by atoms with Gasteiger partial charge in [0.25, 0.3) is 0 Å². The highest BCUT2D eigenvalue weighted by atomic mass is 35.5. The molecule has 0 saturated carbocycles. The van der Waals surface area contributed by atoms with Crippen LogP contribution in [0.3, 0.4) is 0 Å². The number of hydrogen-bond acceptors (Lipinski definition) is 4. The largest absolute Gasteiger partial charge is 0.417 e. The summed E-state index contributed by atoms with van der Waals surface area (Å²) in [5.41, 5.74) is 0.00719. The molecule has 2 aromatic rings. The van der Waals surface area contributed by atoms with Gasteiger partial charge in [0.15, 0.2) is 0 Å². The highest BCUT2D eigenvalue weighted by molar-refractivity contribution is 7.92. The summed E-state index contributed by atoms with van der Waals surface area (Å²) in [5.74, 6) is -1.14. The number of rotatable bonds is 11. The second-order valence-corrected chi connectivity index (χ2v) is 10.9. The van der Waals surface area contributed by atoms with Gasteiger partial charge in [0.2, 0.25) is 21.8 Å². The predicted molar refractivity (Wildman–Crippen MR) is 138 cm³/mol. The summed E-state index contributed by atoms with van der Waals surface area (Å²) in [4.78, 5) is 27.8. The Bertz CT molecular complexity index is 1220. The maximum atomic E-state index is 13.6. The molecule has 2 aromatic carbocycles. The summed E-state index contributed by atoms with van der Waals surface area (Å²) in [7, 11) is -4.19. The maximum absolute atomic E-state index is 13.6. The monoisotopic (exact) mass is 561 g/mol. The van der Waals surface area contributed by atoms with Gasteiger partial charge >= 0.3 is 6.18 Å². The molecule has 37 heavy (non-hydrogen) atoms. The Kier molecular flexibility index (Phi) is 10.4. The van der Waals surface area contributed by atoms with E-state index in [0.717, 1.165) is 29.5 Å². The van der Waals surface area contributed by atoms with Crippen molar-refractivity contribution in [3.05, 3.63) is 64.2 Å². The smallest absolute Gasteiger partial charge is 0.354 e. The molecule has 2 rings (SSSR count). The number of carbonyl (C=O) groups is 2. The van der Waals surface area contributed by atoms with Crippen molar-refractivity contribution >= 4 is 39.1 Å². The van der Waals surface area contributed by atoms with Gasteiger partial charge in [-0.2, -0.15) is 13.2 Å². The standard InChI is InChI=1S/C25H31ClF3N3O4S/c1-5-13-30-24(34)22(6-2)31(15-18-10-8-7-9-17(18)3)23(33)16-32(37(4,35)36)19-11-12-21(26)20(14-19)25(27,28)29/h7-12,14,22H,5-6,13,15-16H2,1-4H3,(H,30,34). The van der Waals surface area contributed by atoms with E-state index < -0.39 is 51.2 Å². The van der Waals surface area contributed by atoms with Crippen LogP contribution in [0.2, 0.25) is 5.02 Å². The molecule has 0 saturated heterocycles. The van der Waals surface area contributed by atoms with Crippen LogP contribution in [0.15, 0.2) is 42.5 Å². The van der Waals surface area contributed by atoms with Crippen LogP contribution >= 0.6 is 11.6 Å². The van der Waals surface area contributed by atoms with E-state index in [2.05, 4.69) is 5.32 Å². The number of amides is 2. The summed E-state index contributed by atoms with van der Waals surface area (Å²) in [6.07, 6.45) is -3.13. The van der Waals surface area contributed by atoms with Gasteiger partial charge in [-0.25, -0.2) is 8.42 Å². The molecule has 1 unspecified atom stereocenters. The van der Waals surface area contributed by atoms with Gasteiger partial charge in [0, 0.05) is 13.1 Å². The quantitative estimate of drug-likeness (QED) is 0.428. The van der Waals surface area contributed by atoms with Crippen molar-refractivity contribution in [3.8, 4) is 0 Å². The average Bonchev–Trinajstić information content (AvgIpc) is 2.81. The molecule has 7 nitrogen and oxygen atoms in total. The van der Waals surface area contributed by atoms with Crippen LogP contribution in [0.1, 0.15) is 43.4 Å². The van der Waals surface area contributed by atoms with E-state index in [-0.39, 0.29) is 18.7 Å². The molecular formula is C25H31ClF3N3O4S. The number of carbonyl (C=O) groups excluding carboxylic acids is 2. The van der Waals surface area contributed by atoms with Crippen LogP contribution in [0.25, 0.3) is 0 Å². The average molecular weight is 562 g/mol. The highest BCUT2D eigenvalue weighted by Crippen LogP contribution is 2.37. The van der Waals surface area contributed by atoms with E-state index >= 15 is 0 Å². The molecule has 0 heterocycles. The lowest BCUT2D eigenvalue weighted by Crippen LogP contribution is -2.52. The number of benzene rings is 2. The Morgan fingerprint density at radius 3 is 2.30 bits per heavy atom. The van der Waals surface area contributed by atoms with Crippen molar-refractivity contribution in [1.82, 2.24) is 10.2 Å². The first-order valence-electron chi connectivity index (χ1n) is 11.7. The molecule has 12 heteroatoms. The first-order chi connectivity index (χ1) is 17.2. The van der Waals surface area contributed by atoms with Crippen LogP contribution in [-0.4, -0.2) is 50.5 Å². The number of anilines is 1. The SMILES string of the molecule is CCCNC(=O)C(CC)N(Cc1ccccc1C)C(=O)CN(c1ccc(Cl)c(C(F)(F)F)c1)S(C)(=O)=O. The fraction of sp³-hybridized carbons (Fsp3) is 0.440.